The van der Waals surface area contributed by atoms with Gasteiger partial charge in [0.2, 0.25) is 6.17 Å². The van der Waals surface area contributed by atoms with Crippen LogP contribution in [-0.4, -0.2) is 30.8 Å². The van der Waals surface area contributed by atoms with E-state index in [1.54, 1.807) is 6.92 Å². The zero-order chi connectivity index (χ0) is 14.5. The number of hydrogen-bond donors (Lipinski definition) is 0. The zero-order valence-electron chi connectivity index (χ0n) is 12.0. The standard InChI is InChI=1S/C15H22FNO2/c1-5-19-14(18)13(16)11-17(15(2,3)4)12-9-7-6-8-10-12/h6-10,13H,5,11H2,1-4H3. The Kier molecular flexibility index (Phi) is 5.33. The number of nitrogens with zero attached hydrogens (tertiary/aromatic N) is 1. The quantitative estimate of drug-likeness (QED) is 0.767. The summed E-state index contributed by atoms with van der Waals surface area (Å²) in [5, 5.41) is 0. The third kappa shape index (κ3) is 4.54. The molecule has 1 unspecified atom stereocenters. The summed E-state index contributed by atoms with van der Waals surface area (Å²) in [5.41, 5.74) is 0.611. The molecule has 0 fully saturated rings. The van der Waals surface area contributed by atoms with E-state index >= 15 is 0 Å². The Morgan fingerprint density at radius 1 is 1.32 bits per heavy atom. The number of rotatable bonds is 5. The molecule has 1 aromatic rings. The summed E-state index contributed by atoms with van der Waals surface area (Å²) in [6.07, 6.45) is -1.64. The highest BCUT2D eigenvalue weighted by atomic mass is 19.1. The second-order valence-electron chi connectivity index (χ2n) is 5.34. The van der Waals surface area contributed by atoms with Gasteiger partial charge in [-0.1, -0.05) is 18.2 Å². The number of alkyl halides is 1. The van der Waals surface area contributed by atoms with Gasteiger partial charge in [0.25, 0.3) is 0 Å². The molecule has 0 saturated carbocycles. The van der Waals surface area contributed by atoms with Gasteiger partial charge in [0.05, 0.1) is 13.2 Å². The minimum Gasteiger partial charge on any atom is -0.464 e. The van der Waals surface area contributed by atoms with Gasteiger partial charge in [0.15, 0.2) is 0 Å². The molecular weight excluding hydrogens is 245 g/mol. The Balaban J connectivity index is 2.86. The maximum atomic E-state index is 13.9. The molecule has 0 bridgehead atoms. The van der Waals surface area contributed by atoms with E-state index in [2.05, 4.69) is 0 Å². The number of anilines is 1. The molecule has 3 nitrogen and oxygen atoms in total. The third-order valence-electron chi connectivity index (χ3n) is 2.76. The fourth-order valence-corrected chi connectivity index (χ4v) is 1.84. The van der Waals surface area contributed by atoms with Gasteiger partial charge in [-0.3, -0.25) is 0 Å². The largest absolute Gasteiger partial charge is 0.464 e. The molecule has 19 heavy (non-hydrogen) atoms. The van der Waals surface area contributed by atoms with Gasteiger partial charge in [-0.25, -0.2) is 9.18 Å². The summed E-state index contributed by atoms with van der Waals surface area (Å²) >= 11 is 0. The van der Waals surface area contributed by atoms with Crippen LogP contribution < -0.4 is 4.90 Å². The van der Waals surface area contributed by atoms with Crippen molar-refractivity contribution in [2.24, 2.45) is 0 Å². The first-order chi connectivity index (χ1) is 8.86. The summed E-state index contributed by atoms with van der Waals surface area (Å²) in [5.74, 6) is -0.798. The molecule has 0 aliphatic rings. The van der Waals surface area contributed by atoms with Crippen molar-refractivity contribution < 1.29 is 13.9 Å². The first kappa shape index (κ1) is 15.5. The number of hydrogen-bond acceptors (Lipinski definition) is 3. The van der Waals surface area contributed by atoms with Gasteiger partial charge in [-0.15, -0.1) is 0 Å². The highest BCUT2D eigenvalue weighted by Gasteiger charge is 2.28. The van der Waals surface area contributed by atoms with Gasteiger partial charge < -0.3 is 9.64 Å². The fraction of sp³-hybridized carbons (Fsp3) is 0.533. The molecule has 1 aromatic carbocycles. The normalized spacial score (nSPS) is 12.9. The van der Waals surface area contributed by atoms with Crippen LogP contribution >= 0.6 is 0 Å². The Hall–Kier alpha value is -1.58. The third-order valence-corrected chi connectivity index (χ3v) is 2.76. The summed E-state index contributed by atoms with van der Waals surface area (Å²) in [4.78, 5) is 13.3. The van der Waals surface area contributed by atoms with Gasteiger partial charge >= 0.3 is 5.97 Å². The van der Waals surface area contributed by atoms with Crippen molar-refractivity contribution in [1.82, 2.24) is 0 Å². The van der Waals surface area contributed by atoms with Crippen molar-refractivity contribution >= 4 is 11.7 Å². The van der Waals surface area contributed by atoms with Gasteiger partial charge in [0.1, 0.15) is 0 Å². The average Bonchev–Trinajstić information content (AvgIpc) is 2.35. The molecule has 4 heteroatoms. The van der Waals surface area contributed by atoms with E-state index in [4.69, 9.17) is 4.74 Å². The molecule has 0 saturated heterocycles. The van der Waals surface area contributed by atoms with E-state index in [1.165, 1.54) is 0 Å². The smallest absolute Gasteiger partial charge is 0.342 e. The van der Waals surface area contributed by atoms with Gasteiger partial charge in [0, 0.05) is 11.2 Å². The Bertz CT molecular complexity index is 400. The molecule has 1 rings (SSSR count). The number of benzene rings is 1. The van der Waals surface area contributed by atoms with E-state index in [0.29, 0.717) is 0 Å². The maximum absolute atomic E-state index is 13.9. The lowest BCUT2D eigenvalue weighted by molar-refractivity contribution is -0.148. The monoisotopic (exact) mass is 267 g/mol. The van der Waals surface area contributed by atoms with Crippen molar-refractivity contribution in [3.8, 4) is 0 Å². The molecule has 1 atom stereocenters. The van der Waals surface area contributed by atoms with Crippen molar-refractivity contribution in [3.05, 3.63) is 30.3 Å². The van der Waals surface area contributed by atoms with Gasteiger partial charge in [-0.05, 0) is 39.8 Å². The summed E-state index contributed by atoms with van der Waals surface area (Å²) in [7, 11) is 0. The second kappa shape index (κ2) is 6.55. The van der Waals surface area contributed by atoms with Crippen molar-refractivity contribution in [3.63, 3.8) is 0 Å². The lowest BCUT2D eigenvalue weighted by atomic mass is 10.0. The molecular formula is C15H22FNO2. The molecule has 0 aliphatic heterocycles. The van der Waals surface area contributed by atoms with E-state index in [0.717, 1.165) is 5.69 Å². The zero-order valence-corrected chi connectivity index (χ0v) is 12.0. The lowest BCUT2D eigenvalue weighted by Crippen LogP contribution is -2.46. The number of esters is 1. The fourth-order valence-electron chi connectivity index (χ4n) is 1.84. The van der Waals surface area contributed by atoms with Crippen LogP contribution in [0.5, 0.6) is 0 Å². The Morgan fingerprint density at radius 3 is 2.37 bits per heavy atom. The van der Waals surface area contributed by atoms with Crippen LogP contribution in [0.15, 0.2) is 30.3 Å². The summed E-state index contributed by atoms with van der Waals surface area (Å²) in [6.45, 7) is 7.81. The molecule has 0 radical (unpaired) electrons. The van der Waals surface area contributed by atoms with Crippen molar-refractivity contribution in [1.29, 1.82) is 0 Å². The molecule has 0 aliphatic carbocycles. The predicted molar refractivity (Wildman–Crippen MR) is 75.1 cm³/mol. The average molecular weight is 267 g/mol. The van der Waals surface area contributed by atoms with Crippen molar-refractivity contribution in [2.45, 2.75) is 39.4 Å². The molecule has 0 spiro atoms. The van der Waals surface area contributed by atoms with Crippen molar-refractivity contribution in [2.75, 3.05) is 18.1 Å². The molecule has 106 valence electrons. The highest BCUT2D eigenvalue weighted by molar-refractivity contribution is 5.75. The summed E-state index contributed by atoms with van der Waals surface area (Å²) < 4.78 is 18.6. The van der Waals surface area contributed by atoms with E-state index in [-0.39, 0.29) is 18.7 Å². The van der Waals surface area contributed by atoms with Crippen LogP contribution in [0.2, 0.25) is 0 Å². The maximum Gasteiger partial charge on any atom is 0.342 e. The SMILES string of the molecule is CCOC(=O)C(F)CN(c1ccccc1)C(C)(C)C. The highest BCUT2D eigenvalue weighted by Crippen LogP contribution is 2.24. The van der Waals surface area contributed by atoms with Crippen LogP contribution in [-0.2, 0) is 9.53 Å². The van der Waals surface area contributed by atoms with E-state index in [1.807, 2.05) is 56.0 Å². The van der Waals surface area contributed by atoms with Crippen LogP contribution in [0.1, 0.15) is 27.7 Å². The Morgan fingerprint density at radius 2 is 1.89 bits per heavy atom. The first-order valence-corrected chi connectivity index (χ1v) is 6.49. The van der Waals surface area contributed by atoms with E-state index < -0.39 is 12.1 Å². The lowest BCUT2D eigenvalue weighted by Gasteiger charge is -2.38. The van der Waals surface area contributed by atoms with E-state index in [9.17, 15) is 9.18 Å². The molecule has 0 heterocycles. The molecule has 0 N–H and O–H groups in total. The van der Waals surface area contributed by atoms with Gasteiger partial charge in [-0.2, -0.15) is 0 Å². The molecule has 0 amide bonds. The summed E-state index contributed by atoms with van der Waals surface area (Å²) in [6, 6.07) is 9.51. The van der Waals surface area contributed by atoms with Crippen LogP contribution in [0.25, 0.3) is 0 Å². The van der Waals surface area contributed by atoms with Crippen LogP contribution in [0.3, 0.4) is 0 Å². The predicted octanol–water partition coefficient (Wildman–Crippen LogP) is 3.19. The van der Waals surface area contributed by atoms with Crippen LogP contribution in [0, 0.1) is 0 Å². The Labute approximate surface area is 114 Å². The first-order valence-electron chi connectivity index (χ1n) is 6.49. The second-order valence-corrected chi connectivity index (χ2v) is 5.34. The van der Waals surface area contributed by atoms with Crippen LogP contribution in [0.4, 0.5) is 10.1 Å². The number of carbonyl (C=O) groups is 1. The number of carbonyl (C=O) groups excluding carboxylic acids is 1. The molecule has 0 aromatic heterocycles. The number of para-hydroxylation sites is 1. The number of ether oxygens (including phenoxy) is 1. The minimum absolute atomic E-state index is 0.00759. The topological polar surface area (TPSA) is 29.5 Å². The minimum atomic E-state index is -1.64. The number of halogens is 1.